The molecule has 0 aliphatic carbocycles. The number of carboxylic acid groups (broad SMARTS) is 1. The van der Waals surface area contributed by atoms with Gasteiger partial charge in [0.05, 0.1) is 29.8 Å². The number of benzene rings is 1. The molecule has 0 radical (unpaired) electrons. The van der Waals surface area contributed by atoms with E-state index < -0.39 is 11.9 Å². The molecule has 1 amide bonds. The molecule has 1 unspecified atom stereocenters. The molecule has 2 heterocycles. The number of aromatic nitrogens is 1. The van der Waals surface area contributed by atoms with Gasteiger partial charge in [-0.15, -0.1) is 0 Å². The lowest BCUT2D eigenvalue weighted by Crippen LogP contribution is -2.42. The fraction of sp³-hybridized carbons (Fsp3) is 0.389. The van der Waals surface area contributed by atoms with Crippen molar-refractivity contribution in [1.82, 2.24) is 9.88 Å². The number of carbonyl (C=O) groups is 2. The van der Waals surface area contributed by atoms with Gasteiger partial charge >= 0.3 is 5.97 Å². The Kier molecular flexibility index (Phi) is 4.38. The highest BCUT2D eigenvalue weighted by Gasteiger charge is 2.29. The van der Waals surface area contributed by atoms with Crippen molar-refractivity contribution in [2.24, 2.45) is 5.92 Å². The van der Waals surface area contributed by atoms with Gasteiger partial charge in [0.1, 0.15) is 5.75 Å². The molecule has 6 heteroatoms. The van der Waals surface area contributed by atoms with E-state index in [1.165, 1.54) is 0 Å². The van der Waals surface area contributed by atoms with Crippen molar-refractivity contribution in [2.75, 3.05) is 20.2 Å². The van der Waals surface area contributed by atoms with Gasteiger partial charge in [0.25, 0.3) is 5.91 Å². The molecule has 1 aromatic carbocycles. The van der Waals surface area contributed by atoms with E-state index in [1.807, 2.05) is 24.3 Å². The van der Waals surface area contributed by atoms with Crippen LogP contribution in [-0.4, -0.2) is 47.1 Å². The number of piperidine rings is 1. The standard InChI is InChI=1S/C18H20N2O4/c1-11-15(8-12-5-6-14(24-2)9-16(12)19-11)17(21)20-7-3-4-13(10-20)18(22)23/h5-6,8-9,13H,3-4,7,10H2,1-2H3,(H,22,23). The molecule has 6 nitrogen and oxygen atoms in total. The molecule has 24 heavy (non-hydrogen) atoms. The third-order valence-corrected chi connectivity index (χ3v) is 4.50. The Bertz CT molecular complexity index is 803. The Morgan fingerprint density at radius 2 is 2.12 bits per heavy atom. The third-order valence-electron chi connectivity index (χ3n) is 4.50. The van der Waals surface area contributed by atoms with Crippen LogP contribution in [-0.2, 0) is 4.79 Å². The number of fused-ring (bicyclic) bond motifs is 1. The van der Waals surface area contributed by atoms with Gasteiger partial charge in [0.15, 0.2) is 0 Å². The molecule has 1 N–H and O–H groups in total. The first-order valence-corrected chi connectivity index (χ1v) is 7.97. The number of hydrogen-bond donors (Lipinski definition) is 1. The van der Waals surface area contributed by atoms with Crippen LogP contribution < -0.4 is 4.74 Å². The fourth-order valence-electron chi connectivity index (χ4n) is 3.12. The summed E-state index contributed by atoms with van der Waals surface area (Å²) in [5.74, 6) is -0.758. The minimum Gasteiger partial charge on any atom is -0.497 e. The van der Waals surface area contributed by atoms with Crippen LogP contribution in [0.25, 0.3) is 10.9 Å². The van der Waals surface area contributed by atoms with Crippen molar-refractivity contribution in [1.29, 1.82) is 0 Å². The van der Waals surface area contributed by atoms with Crippen LogP contribution in [0.2, 0.25) is 0 Å². The Labute approximate surface area is 140 Å². The number of likely N-dealkylation sites (tertiary alicyclic amines) is 1. The predicted molar refractivity (Wildman–Crippen MR) is 89.3 cm³/mol. The zero-order chi connectivity index (χ0) is 17.3. The van der Waals surface area contributed by atoms with Gasteiger partial charge in [-0.3, -0.25) is 14.6 Å². The number of aryl methyl sites for hydroxylation is 1. The normalized spacial score (nSPS) is 17.8. The Balaban J connectivity index is 1.92. The zero-order valence-electron chi connectivity index (χ0n) is 13.8. The average molecular weight is 328 g/mol. The highest BCUT2D eigenvalue weighted by molar-refractivity contribution is 5.99. The molecule has 1 fully saturated rings. The van der Waals surface area contributed by atoms with E-state index >= 15 is 0 Å². The largest absolute Gasteiger partial charge is 0.497 e. The number of pyridine rings is 1. The summed E-state index contributed by atoms with van der Waals surface area (Å²) in [5.41, 5.74) is 1.93. The minimum absolute atomic E-state index is 0.149. The SMILES string of the molecule is COc1ccc2cc(C(=O)N3CCCC(C(=O)O)C3)c(C)nc2c1. The van der Waals surface area contributed by atoms with Gasteiger partial charge in [-0.1, -0.05) is 0 Å². The van der Waals surface area contributed by atoms with Crippen LogP contribution in [0, 0.1) is 12.8 Å². The van der Waals surface area contributed by atoms with E-state index in [-0.39, 0.29) is 12.5 Å². The molecule has 126 valence electrons. The quantitative estimate of drug-likeness (QED) is 0.936. The fourth-order valence-corrected chi connectivity index (χ4v) is 3.12. The van der Waals surface area contributed by atoms with Crippen LogP contribution in [0.1, 0.15) is 28.9 Å². The second kappa shape index (κ2) is 6.47. The summed E-state index contributed by atoms with van der Waals surface area (Å²) in [6.45, 7) is 2.64. The lowest BCUT2D eigenvalue weighted by molar-refractivity contribution is -0.143. The molecule has 1 aliphatic rings. The first-order chi connectivity index (χ1) is 11.5. The highest BCUT2D eigenvalue weighted by atomic mass is 16.5. The second-order valence-electron chi connectivity index (χ2n) is 6.11. The maximum Gasteiger partial charge on any atom is 0.308 e. The second-order valence-corrected chi connectivity index (χ2v) is 6.11. The van der Waals surface area contributed by atoms with E-state index in [0.29, 0.717) is 36.4 Å². The highest BCUT2D eigenvalue weighted by Crippen LogP contribution is 2.24. The molecule has 1 atom stereocenters. The molecule has 1 aromatic heterocycles. The van der Waals surface area contributed by atoms with Crippen LogP contribution in [0.15, 0.2) is 24.3 Å². The van der Waals surface area contributed by atoms with Gasteiger partial charge in [-0.2, -0.15) is 0 Å². The summed E-state index contributed by atoms with van der Waals surface area (Å²) in [4.78, 5) is 30.2. The maximum absolute atomic E-state index is 12.8. The van der Waals surface area contributed by atoms with Crippen LogP contribution >= 0.6 is 0 Å². The lowest BCUT2D eigenvalue weighted by Gasteiger charge is -2.31. The number of ether oxygens (including phenoxy) is 1. The monoisotopic (exact) mass is 328 g/mol. The van der Waals surface area contributed by atoms with E-state index in [1.54, 1.807) is 18.9 Å². The predicted octanol–water partition coefficient (Wildman–Crippen LogP) is 2.49. The Morgan fingerprint density at radius 3 is 2.83 bits per heavy atom. The molecule has 3 rings (SSSR count). The summed E-state index contributed by atoms with van der Waals surface area (Å²) in [7, 11) is 1.60. The smallest absolute Gasteiger partial charge is 0.308 e. The topological polar surface area (TPSA) is 79.7 Å². The molecule has 1 aliphatic heterocycles. The van der Waals surface area contributed by atoms with E-state index in [4.69, 9.17) is 4.74 Å². The van der Waals surface area contributed by atoms with Crippen LogP contribution in [0.3, 0.4) is 0 Å². The first-order valence-electron chi connectivity index (χ1n) is 7.97. The van der Waals surface area contributed by atoms with Crippen molar-refractivity contribution >= 4 is 22.8 Å². The molecule has 2 aromatic rings. The molecule has 0 bridgehead atoms. The van der Waals surface area contributed by atoms with Crippen molar-refractivity contribution in [3.05, 3.63) is 35.5 Å². The number of carbonyl (C=O) groups excluding carboxylic acids is 1. The number of carboxylic acids is 1. The van der Waals surface area contributed by atoms with Gasteiger partial charge in [0.2, 0.25) is 0 Å². The minimum atomic E-state index is -0.840. The van der Waals surface area contributed by atoms with E-state index in [0.717, 1.165) is 10.9 Å². The van der Waals surface area contributed by atoms with Gasteiger partial charge in [-0.25, -0.2) is 0 Å². The summed E-state index contributed by atoms with van der Waals surface area (Å²) in [6.07, 6.45) is 1.33. The Hall–Kier alpha value is -2.63. The number of amides is 1. The van der Waals surface area contributed by atoms with Crippen molar-refractivity contribution in [2.45, 2.75) is 19.8 Å². The summed E-state index contributed by atoms with van der Waals surface area (Å²) in [6, 6.07) is 7.35. The van der Waals surface area contributed by atoms with Gasteiger partial charge in [0, 0.05) is 24.5 Å². The van der Waals surface area contributed by atoms with E-state index in [2.05, 4.69) is 4.98 Å². The van der Waals surface area contributed by atoms with Crippen molar-refractivity contribution in [3.8, 4) is 5.75 Å². The lowest BCUT2D eigenvalue weighted by atomic mass is 9.97. The van der Waals surface area contributed by atoms with Crippen molar-refractivity contribution < 1.29 is 19.4 Å². The summed E-state index contributed by atoms with van der Waals surface area (Å²) < 4.78 is 5.20. The molecule has 0 saturated carbocycles. The number of aliphatic carboxylic acids is 1. The Morgan fingerprint density at radius 1 is 1.33 bits per heavy atom. The average Bonchev–Trinajstić information content (AvgIpc) is 2.60. The van der Waals surface area contributed by atoms with Crippen LogP contribution in [0.5, 0.6) is 5.75 Å². The first kappa shape index (κ1) is 16.2. The molecular formula is C18H20N2O4. The number of rotatable bonds is 3. The van der Waals surface area contributed by atoms with Crippen LogP contribution in [0.4, 0.5) is 0 Å². The van der Waals surface area contributed by atoms with Crippen molar-refractivity contribution in [3.63, 3.8) is 0 Å². The summed E-state index contributed by atoms with van der Waals surface area (Å²) in [5, 5.41) is 10.0. The number of methoxy groups -OCH3 is 1. The van der Waals surface area contributed by atoms with Gasteiger partial charge in [-0.05, 0) is 38.0 Å². The molecule has 1 saturated heterocycles. The zero-order valence-corrected chi connectivity index (χ0v) is 13.8. The number of nitrogens with zero attached hydrogens (tertiary/aromatic N) is 2. The summed E-state index contributed by atoms with van der Waals surface area (Å²) >= 11 is 0. The molecule has 0 spiro atoms. The van der Waals surface area contributed by atoms with Gasteiger partial charge < -0.3 is 14.7 Å². The third kappa shape index (κ3) is 3.04. The van der Waals surface area contributed by atoms with E-state index in [9.17, 15) is 14.7 Å². The number of hydrogen-bond acceptors (Lipinski definition) is 4. The maximum atomic E-state index is 12.8. The molecular weight excluding hydrogens is 308 g/mol.